The monoisotopic (exact) mass is 498 g/mol. The number of piperidine rings is 1. The summed E-state index contributed by atoms with van der Waals surface area (Å²) in [6.45, 7) is 5.03. The summed E-state index contributed by atoms with van der Waals surface area (Å²) in [6.07, 6.45) is 6.12. The van der Waals surface area contributed by atoms with Crippen LogP contribution in [-0.4, -0.2) is 48.7 Å². The number of hydrogen-bond donors (Lipinski definition) is 2. The SMILES string of the molecule is COc1cc(C)c2[nH]ccc2c1CN1CCC2(CC(C#N)C2)CC1c1ccc(C(=O)NC2COC2)cc1. The lowest BCUT2D eigenvalue weighted by atomic mass is 9.56. The number of aromatic nitrogens is 1. The molecule has 7 nitrogen and oxygen atoms in total. The molecule has 1 amide bonds. The Balaban J connectivity index is 1.29. The molecule has 1 aliphatic carbocycles. The van der Waals surface area contributed by atoms with Crippen LogP contribution in [0.4, 0.5) is 0 Å². The van der Waals surface area contributed by atoms with Gasteiger partial charge in [-0.1, -0.05) is 12.1 Å². The maximum atomic E-state index is 12.6. The van der Waals surface area contributed by atoms with Crippen LogP contribution >= 0.6 is 0 Å². The van der Waals surface area contributed by atoms with Crippen LogP contribution in [0.2, 0.25) is 0 Å². The standard InChI is InChI=1S/C30H34N4O3/c1-19-11-27(36-2)25(24-7-9-32-28(19)24)16-34-10-8-30(12-20(13-30)15-31)14-26(34)21-3-5-22(6-4-21)29(35)33-23-17-37-18-23/h3-7,9,11,20,23,26,32H,8,10,12-14,16-18H2,1-2H3,(H,33,35). The number of carbonyl (C=O) groups excluding carboxylic acids is 1. The number of rotatable bonds is 6. The van der Waals surface area contributed by atoms with Gasteiger partial charge in [-0.05, 0) is 80.0 Å². The van der Waals surface area contributed by atoms with Crippen LogP contribution in [0, 0.1) is 29.6 Å². The van der Waals surface area contributed by atoms with Gasteiger partial charge >= 0.3 is 0 Å². The van der Waals surface area contributed by atoms with Gasteiger partial charge in [0.1, 0.15) is 5.75 Å². The number of likely N-dealkylation sites (tertiary alicyclic amines) is 1. The van der Waals surface area contributed by atoms with Crippen LogP contribution in [0.5, 0.6) is 5.75 Å². The Morgan fingerprint density at radius 1 is 1.24 bits per heavy atom. The molecule has 1 saturated carbocycles. The summed E-state index contributed by atoms with van der Waals surface area (Å²) in [5.74, 6) is 1.06. The smallest absolute Gasteiger partial charge is 0.251 e. The zero-order chi connectivity index (χ0) is 25.6. The lowest BCUT2D eigenvalue weighted by molar-refractivity contribution is -0.0298. The summed E-state index contributed by atoms with van der Waals surface area (Å²) < 4.78 is 11.0. The van der Waals surface area contributed by atoms with Gasteiger partial charge in [-0.3, -0.25) is 9.69 Å². The van der Waals surface area contributed by atoms with Gasteiger partial charge in [0.25, 0.3) is 5.91 Å². The molecule has 2 saturated heterocycles. The highest BCUT2D eigenvalue weighted by molar-refractivity contribution is 5.94. The number of carbonyl (C=O) groups is 1. The van der Waals surface area contributed by atoms with E-state index in [0.29, 0.717) is 18.8 Å². The van der Waals surface area contributed by atoms with Crippen LogP contribution < -0.4 is 10.1 Å². The second-order valence-electron chi connectivity index (χ2n) is 11.1. The predicted molar refractivity (Wildman–Crippen MR) is 141 cm³/mol. The van der Waals surface area contributed by atoms with Crippen LogP contribution in [0.1, 0.15) is 58.8 Å². The second-order valence-corrected chi connectivity index (χ2v) is 11.1. The molecule has 6 rings (SSSR count). The Bertz CT molecular complexity index is 1350. The number of fused-ring (bicyclic) bond motifs is 1. The molecule has 0 bridgehead atoms. The highest BCUT2D eigenvalue weighted by atomic mass is 16.5. The van der Waals surface area contributed by atoms with Gasteiger partial charge in [-0.25, -0.2) is 0 Å². The molecule has 3 aromatic rings. The summed E-state index contributed by atoms with van der Waals surface area (Å²) in [6, 6.07) is 15.2. The van der Waals surface area contributed by atoms with Gasteiger partial charge < -0.3 is 19.8 Å². The van der Waals surface area contributed by atoms with Crippen molar-refractivity contribution in [3.8, 4) is 11.8 Å². The van der Waals surface area contributed by atoms with E-state index >= 15 is 0 Å². The largest absolute Gasteiger partial charge is 0.496 e. The van der Waals surface area contributed by atoms with E-state index in [0.717, 1.165) is 50.0 Å². The third-order valence-corrected chi connectivity index (χ3v) is 8.76. The van der Waals surface area contributed by atoms with Crippen molar-refractivity contribution in [2.75, 3.05) is 26.9 Å². The van der Waals surface area contributed by atoms with Crippen molar-refractivity contribution in [1.29, 1.82) is 5.26 Å². The molecule has 3 fully saturated rings. The van der Waals surface area contributed by atoms with E-state index in [1.54, 1.807) is 7.11 Å². The lowest BCUT2D eigenvalue weighted by Gasteiger charge is -2.53. The zero-order valence-electron chi connectivity index (χ0n) is 21.5. The Morgan fingerprint density at radius 2 is 2.03 bits per heavy atom. The number of benzene rings is 2. The van der Waals surface area contributed by atoms with Crippen LogP contribution in [0.3, 0.4) is 0 Å². The topological polar surface area (TPSA) is 90.4 Å². The minimum Gasteiger partial charge on any atom is -0.496 e. The molecule has 2 aromatic carbocycles. The highest BCUT2D eigenvalue weighted by Crippen LogP contribution is 2.56. The third-order valence-electron chi connectivity index (χ3n) is 8.76. The molecule has 1 aromatic heterocycles. The summed E-state index contributed by atoms with van der Waals surface area (Å²) in [4.78, 5) is 18.6. The average Bonchev–Trinajstić information content (AvgIpc) is 3.37. The predicted octanol–water partition coefficient (Wildman–Crippen LogP) is 4.87. The first-order valence-electron chi connectivity index (χ1n) is 13.2. The normalized spacial score (nSPS) is 25.9. The van der Waals surface area contributed by atoms with E-state index in [4.69, 9.17) is 9.47 Å². The van der Waals surface area contributed by atoms with E-state index < -0.39 is 0 Å². The second kappa shape index (κ2) is 9.51. The molecule has 1 unspecified atom stereocenters. The van der Waals surface area contributed by atoms with Gasteiger partial charge in [0.05, 0.1) is 32.4 Å². The third kappa shape index (κ3) is 4.39. The molecule has 192 valence electrons. The number of nitriles is 1. The van der Waals surface area contributed by atoms with Crippen molar-refractivity contribution >= 4 is 16.8 Å². The average molecular weight is 499 g/mol. The first kappa shape index (κ1) is 24.0. The molecule has 37 heavy (non-hydrogen) atoms. The number of nitrogens with one attached hydrogen (secondary N) is 2. The number of H-pyrrole nitrogens is 1. The molecule has 3 aliphatic rings. The van der Waals surface area contributed by atoms with Gasteiger partial charge in [-0.2, -0.15) is 5.26 Å². The molecular formula is C30H34N4O3. The number of methoxy groups -OCH3 is 1. The van der Waals surface area contributed by atoms with Gasteiger partial charge in [0, 0.05) is 46.7 Å². The van der Waals surface area contributed by atoms with E-state index in [-0.39, 0.29) is 29.3 Å². The summed E-state index contributed by atoms with van der Waals surface area (Å²) in [7, 11) is 1.75. The minimum atomic E-state index is -0.0492. The van der Waals surface area contributed by atoms with Gasteiger partial charge in [0.15, 0.2) is 0 Å². The van der Waals surface area contributed by atoms with Crippen LogP contribution in [-0.2, 0) is 11.3 Å². The van der Waals surface area contributed by atoms with E-state index in [1.165, 1.54) is 22.1 Å². The minimum absolute atomic E-state index is 0.0492. The first-order valence-corrected chi connectivity index (χ1v) is 13.2. The van der Waals surface area contributed by atoms with E-state index in [2.05, 4.69) is 52.5 Å². The summed E-state index contributed by atoms with van der Waals surface area (Å²) in [5, 5.41) is 13.7. The van der Waals surface area contributed by atoms with Crippen molar-refractivity contribution in [1.82, 2.24) is 15.2 Å². The van der Waals surface area contributed by atoms with Gasteiger partial charge in [-0.15, -0.1) is 0 Å². The highest BCUT2D eigenvalue weighted by Gasteiger charge is 2.49. The summed E-state index contributed by atoms with van der Waals surface area (Å²) >= 11 is 0. The lowest BCUT2D eigenvalue weighted by Crippen LogP contribution is -2.48. The Morgan fingerprint density at radius 3 is 2.70 bits per heavy atom. The fourth-order valence-electron chi connectivity index (χ4n) is 6.57. The zero-order valence-corrected chi connectivity index (χ0v) is 21.5. The number of hydrogen-bond acceptors (Lipinski definition) is 5. The van der Waals surface area contributed by atoms with Crippen molar-refractivity contribution in [3.63, 3.8) is 0 Å². The van der Waals surface area contributed by atoms with Crippen molar-refractivity contribution in [2.24, 2.45) is 11.3 Å². The molecule has 1 spiro atoms. The first-order chi connectivity index (χ1) is 18.0. The maximum Gasteiger partial charge on any atom is 0.251 e. The van der Waals surface area contributed by atoms with Crippen molar-refractivity contribution in [3.05, 3.63) is 64.8 Å². The molecule has 1 atom stereocenters. The molecule has 7 heteroatoms. The molecule has 2 aliphatic heterocycles. The summed E-state index contributed by atoms with van der Waals surface area (Å²) in [5.41, 5.74) is 5.67. The fraction of sp³-hybridized carbons (Fsp3) is 0.467. The number of amides is 1. The van der Waals surface area contributed by atoms with E-state index in [9.17, 15) is 10.1 Å². The number of aryl methyl sites for hydroxylation is 1. The Hall–Kier alpha value is -3.34. The quantitative estimate of drug-likeness (QED) is 0.506. The molecular weight excluding hydrogens is 464 g/mol. The fourth-order valence-corrected chi connectivity index (χ4v) is 6.57. The van der Waals surface area contributed by atoms with Crippen LogP contribution in [0.15, 0.2) is 42.6 Å². The van der Waals surface area contributed by atoms with E-state index in [1.807, 2.05) is 18.3 Å². The van der Waals surface area contributed by atoms with Crippen molar-refractivity contribution < 1.29 is 14.3 Å². The molecule has 2 N–H and O–H groups in total. The Kier molecular flexibility index (Phi) is 6.18. The Labute approximate surface area is 217 Å². The number of ether oxygens (including phenoxy) is 2. The molecule has 3 heterocycles. The van der Waals surface area contributed by atoms with Gasteiger partial charge in [0.2, 0.25) is 0 Å². The van der Waals surface area contributed by atoms with Crippen molar-refractivity contribution in [2.45, 2.75) is 51.2 Å². The number of nitrogens with zero attached hydrogens (tertiary/aromatic N) is 2. The molecule has 0 radical (unpaired) electrons. The maximum absolute atomic E-state index is 12.6. The van der Waals surface area contributed by atoms with Crippen LogP contribution in [0.25, 0.3) is 10.9 Å². The number of aromatic amines is 1.